The third-order valence-corrected chi connectivity index (χ3v) is 6.54. The number of nitrogen functional groups attached to an aromatic ring is 1. The minimum absolute atomic E-state index is 0.176. The van der Waals surface area contributed by atoms with Crippen molar-refractivity contribution in [3.63, 3.8) is 0 Å². The number of ether oxygens (including phenoxy) is 1. The Morgan fingerprint density at radius 3 is 2.74 bits per heavy atom. The summed E-state index contributed by atoms with van der Waals surface area (Å²) in [5.41, 5.74) is 11.4. The third kappa shape index (κ3) is 3.96. The van der Waals surface area contributed by atoms with Crippen LogP contribution < -0.4 is 15.8 Å². The summed E-state index contributed by atoms with van der Waals surface area (Å²) in [6, 6.07) is 13.6. The first-order chi connectivity index (χ1) is 16.6. The van der Waals surface area contributed by atoms with Gasteiger partial charge in [-0.05, 0) is 43.0 Å². The molecule has 2 heterocycles. The SMILES string of the molecule is COc1ccccc1C(=O)NCc1ccc(-c2nn(C3CCCC3)c3ncnc(N)c23)c(C)c1. The normalized spacial score (nSPS) is 13.9. The molecule has 1 fully saturated rings. The molecule has 0 spiro atoms. The molecule has 1 amide bonds. The lowest BCUT2D eigenvalue weighted by atomic mass is 10.0. The number of para-hydroxylation sites is 1. The highest BCUT2D eigenvalue weighted by molar-refractivity contribution is 5.99. The van der Waals surface area contributed by atoms with Crippen LogP contribution in [0.3, 0.4) is 0 Å². The second kappa shape index (κ2) is 9.13. The molecule has 0 radical (unpaired) electrons. The number of nitrogens with two attached hydrogens (primary N) is 1. The van der Waals surface area contributed by atoms with Gasteiger partial charge in [0, 0.05) is 12.1 Å². The number of fused-ring (bicyclic) bond motifs is 1. The van der Waals surface area contributed by atoms with Gasteiger partial charge in [-0.25, -0.2) is 14.6 Å². The maximum Gasteiger partial charge on any atom is 0.255 e. The van der Waals surface area contributed by atoms with Crippen molar-refractivity contribution in [3.05, 3.63) is 65.5 Å². The molecule has 0 saturated heterocycles. The number of hydrogen-bond donors (Lipinski definition) is 2. The number of amides is 1. The smallest absolute Gasteiger partial charge is 0.255 e. The van der Waals surface area contributed by atoms with Gasteiger partial charge in [0.05, 0.1) is 24.1 Å². The van der Waals surface area contributed by atoms with Gasteiger partial charge in [-0.3, -0.25) is 4.79 Å². The quantitative estimate of drug-likeness (QED) is 0.444. The van der Waals surface area contributed by atoms with E-state index in [2.05, 4.69) is 21.4 Å². The molecular weight excluding hydrogens is 428 g/mol. The lowest BCUT2D eigenvalue weighted by Gasteiger charge is -2.11. The number of aromatic nitrogens is 4. The zero-order valence-electron chi connectivity index (χ0n) is 19.4. The van der Waals surface area contributed by atoms with E-state index in [1.165, 1.54) is 19.2 Å². The van der Waals surface area contributed by atoms with Crippen LogP contribution in [0.4, 0.5) is 5.82 Å². The molecule has 4 aromatic rings. The Labute approximate surface area is 198 Å². The summed E-state index contributed by atoms with van der Waals surface area (Å²) >= 11 is 0. The maximum absolute atomic E-state index is 12.7. The van der Waals surface area contributed by atoms with E-state index >= 15 is 0 Å². The fourth-order valence-electron chi connectivity index (χ4n) is 4.80. The fraction of sp³-hybridized carbons (Fsp3) is 0.308. The van der Waals surface area contributed by atoms with E-state index in [9.17, 15) is 4.79 Å². The fourth-order valence-corrected chi connectivity index (χ4v) is 4.80. The van der Waals surface area contributed by atoms with Crippen molar-refractivity contribution in [2.75, 3.05) is 12.8 Å². The van der Waals surface area contributed by atoms with E-state index < -0.39 is 0 Å². The number of methoxy groups -OCH3 is 1. The van der Waals surface area contributed by atoms with Crippen LogP contribution in [0.15, 0.2) is 48.8 Å². The summed E-state index contributed by atoms with van der Waals surface area (Å²) in [4.78, 5) is 21.4. The first kappa shape index (κ1) is 21.9. The Hall–Kier alpha value is -3.94. The first-order valence-corrected chi connectivity index (χ1v) is 11.6. The van der Waals surface area contributed by atoms with Gasteiger partial charge in [-0.1, -0.05) is 43.2 Å². The highest BCUT2D eigenvalue weighted by atomic mass is 16.5. The lowest BCUT2D eigenvalue weighted by molar-refractivity contribution is 0.0948. The van der Waals surface area contributed by atoms with Crippen LogP contribution in [0, 0.1) is 6.92 Å². The molecule has 1 saturated carbocycles. The summed E-state index contributed by atoms with van der Waals surface area (Å²) in [6.45, 7) is 2.45. The summed E-state index contributed by atoms with van der Waals surface area (Å²) in [5.74, 6) is 0.818. The molecule has 0 unspecified atom stereocenters. The summed E-state index contributed by atoms with van der Waals surface area (Å²) in [5, 5.41) is 8.75. The molecule has 174 valence electrons. The molecule has 0 aliphatic heterocycles. The van der Waals surface area contributed by atoms with Crippen LogP contribution in [0.2, 0.25) is 0 Å². The number of carbonyl (C=O) groups excluding carboxylic acids is 1. The molecular formula is C26H28N6O2. The van der Waals surface area contributed by atoms with Crippen LogP contribution in [0.1, 0.15) is 53.2 Å². The van der Waals surface area contributed by atoms with Gasteiger partial charge in [-0.2, -0.15) is 5.10 Å². The number of anilines is 1. The van der Waals surface area contributed by atoms with Crippen LogP contribution in [0.5, 0.6) is 5.75 Å². The van der Waals surface area contributed by atoms with Crippen molar-refractivity contribution in [3.8, 4) is 17.0 Å². The molecule has 2 aromatic heterocycles. The van der Waals surface area contributed by atoms with Gasteiger partial charge in [0.25, 0.3) is 5.91 Å². The number of nitrogens with one attached hydrogen (secondary N) is 1. The highest BCUT2D eigenvalue weighted by Gasteiger charge is 2.25. The molecule has 0 atom stereocenters. The molecule has 0 bridgehead atoms. The molecule has 2 aromatic carbocycles. The number of nitrogens with zero attached hydrogens (tertiary/aromatic N) is 4. The van der Waals surface area contributed by atoms with Gasteiger partial charge in [-0.15, -0.1) is 0 Å². The van der Waals surface area contributed by atoms with Gasteiger partial charge in [0.1, 0.15) is 23.6 Å². The third-order valence-electron chi connectivity index (χ3n) is 6.54. The van der Waals surface area contributed by atoms with Crippen molar-refractivity contribution < 1.29 is 9.53 Å². The Morgan fingerprint density at radius 1 is 1.18 bits per heavy atom. The monoisotopic (exact) mass is 456 g/mol. The van der Waals surface area contributed by atoms with Gasteiger partial charge >= 0.3 is 0 Å². The topological polar surface area (TPSA) is 108 Å². The van der Waals surface area contributed by atoms with Crippen LogP contribution in [-0.2, 0) is 6.54 Å². The van der Waals surface area contributed by atoms with Gasteiger partial charge < -0.3 is 15.8 Å². The Morgan fingerprint density at radius 2 is 1.97 bits per heavy atom. The predicted octanol–water partition coefficient (Wildman–Crippen LogP) is 4.44. The summed E-state index contributed by atoms with van der Waals surface area (Å²) < 4.78 is 7.33. The molecule has 3 N–H and O–H groups in total. The van der Waals surface area contributed by atoms with Crippen LogP contribution >= 0.6 is 0 Å². The number of aryl methyl sites for hydroxylation is 1. The van der Waals surface area contributed by atoms with Crippen molar-refractivity contribution in [2.45, 2.75) is 45.2 Å². The number of carbonyl (C=O) groups is 1. The zero-order valence-corrected chi connectivity index (χ0v) is 19.4. The van der Waals surface area contributed by atoms with Crippen molar-refractivity contribution in [1.82, 2.24) is 25.1 Å². The van der Waals surface area contributed by atoms with Crippen LogP contribution in [-0.4, -0.2) is 32.8 Å². The van der Waals surface area contributed by atoms with E-state index in [4.69, 9.17) is 15.6 Å². The number of benzene rings is 2. The molecule has 1 aliphatic carbocycles. The predicted molar refractivity (Wildman–Crippen MR) is 132 cm³/mol. The average Bonchev–Trinajstić information content (AvgIpc) is 3.51. The Kier molecular flexibility index (Phi) is 5.88. The Balaban J connectivity index is 1.43. The molecule has 34 heavy (non-hydrogen) atoms. The average molecular weight is 457 g/mol. The van der Waals surface area contributed by atoms with Crippen molar-refractivity contribution in [2.24, 2.45) is 0 Å². The lowest BCUT2D eigenvalue weighted by Crippen LogP contribution is -2.23. The second-order valence-electron chi connectivity index (χ2n) is 8.72. The number of rotatable bonds is 6. The minimum Gasteiger partial charge on any atom is -0.496 e. The molecule has 1 aliphatic rings. The van der Waals surface area contributed by atoms with E-state index in [1.807, 2.05) is 35.9 Å². The van der Waals surface area contributed by atoms with E-state index in [0.717, 1.165) is 46.3 Å². The minimum atomic E-state index is -0.176. The Bertz CT molecular complexity index is 1360. The van der Waals surface area contributed by atoms with Crippen molar-refractivity contribution in [1.29, 1.82) is 0 Å². The van der Waals surface area contributed by atoms with E-state index in [1.54, 1.807) is 19.2 Å². The first-order valence-electron chi connectivity index (χ1n) is 11.6. The highest BCUT2D eigenvalue weighted by Crippen LogP contribution is 2.37. The van der Waals surface area contributed by atoms with Crippen molar-refractivity contribution >= 4 is 22.8 Å². The van der Waals surface area contributed by atoms with Gasteiger partial charge in [0.2, 0.25) is 0 Å². The summed E-state index contributed by atoms with van der Waals surface area (Å²) in [7, 11) is 1.56. The van der Waals surface area contributed by atoms with E-state index in [0.29, 0.717) is 29.7 Å². The van der Waals surface area contributed by atoms with Gasteiger partial charge in [0.15, 0.2) is 5.65 Å². The van der Waals surface area contributed by atoms with Crippen LogP contribution in [0.25, 0.3) is 22.3 Å². The number of hydrogen-bond acceptors (Lipinski definition) is 6. The zero-order chi connectivity index (χ0) is 23.7. The standard InChI is InChI=1S/C26H28N6O2/c1-16-13-17(14-28-26(33)20-9-5-6-10-21(20)34-2)11-12-19(16)23-22-24(27)29-15-30-25(22)32(31-23)18-7-3-4-8-18/h5-6,9-13,15,18H,3-4,7-8,14H2,1-2H3,(H,28,33)(H2,27,29,30). The van der Waals surface area contributed by atoms with E-state index in [-0.39, 0.29) is 5.91 Å². The molecule has 8 nitrogen and oxygen atoms in total. The summed E-state index contributed by atoms with van der Waals surface area (Å²) in [6.07, 6.45) is 6.12. The molecule has 8 heteroatoms. The molecule has 5 rings (SSSR count). The largest absolute Gasteiger partial charge is 0.496 e. The second-order valence-corrected chi connectivity index (χ2v) is 8.72. The maximum atomic E-state index is 12.7.